The monoisotopic (exact) mass is 545 g/mol. The van der Waals surface area contributed by atoms with E-state index in [0.29, 0.717) is 59.1 Å². The second kappa shape index (κ2) is 10.0. The summed E-state index contributed by atoms with van der Waals surface area (Å²) in [5.74, 6) is -1.16. The zero-order chi connectivity index (χ0) is 28.0. The number of benzene rings is 1. The summed E-state index contributed by atoms with van der Waals surface area (Å²) in [6, 6.07) is 7.23. The van der Waals surface area contributed by atoms with Gasteiger partial charge in [-0.05, 0) is 60.4 Å². The Kier molecular flexibility index (Phi) is 6.48. The number of rotatable bonds is 6. The number of ketones is 1. The number of nitrogens with one attached hydrogen (secondary N) is 3. The Hall–Kier alpha value is -4.34. The summed E-state index contributed by atoms with van der Waals surface area (Å²) >= 11 is 0. The van der Waals surface area contributed by atoms with Gasteiger partial charge in [0.1, 0.15) is 5.82 Å². The quantitative estimate of drug-likeness (QED) is 0.345. The number of aromatic amines is 1. The Bertz CT molecular complexity index is 1550. The molecule has 0 bridgehead atoms. The molecule has 1 aromatic carbocycles. The van der Waals surface area contributed by atoms with Crippen molar-refractivity contribution >= 4 is 23.8 Å². The second-order valence-electron chi connectivity index (χ2n) is 11.4. The van der Waals surface area contributed by atoms with Crippen LogP contribution in [0.15, 0.2) is 53.9 Å². The van der Waals surface area contributed by atoms with E-state index in [2.05, 4.69) is 39.7 Å². The summed E-state index contributed by atoms with van der Waals surface area (Å²) in [6.07, 6.45) is 7.90. The van der Waals surface area contributed by atoms with Crippen molar-refractivity contribution in [3.05, 3.63) is 76.8 Å². The van der Waals surface area contributed by atoms with Gasteiger partial charge in [0.2, 0.25) is 5.88 Å². The lowest BCUT2D eigenvalue weighted by atomic mass is 9.70. The predicted molar refractivity (Wildman–Crippen MR) is 145 cm³/mol. The van der Waals surface area contributed by atoms with E-state index in [1.165, 1.54) is 6.07 Å². The van der Waals surface area contributed by atoms with E-state index in [9.17, 15) is 18.4 Å². The first kappa shape index (κ1) is 25.9. The molecule has 206 valence electrons. The Balaban J connectivity index is 1.30. The molecule has 8 nitrogen and oxygen atoms in total. The van der Waals surface area contributed by atoms with Crippen LogP contribution < -0.4 is 15.4 Å². The standard InChI is InChI=1S/C30H29F2N5O3/c1-30(2)12-23-25(24(38)13-30)20(26-27(35-23)36-37-28(26)40-29(39)34-14-16-3-4-16)9-8-19-7-5-18(15-33-19)17-6-10-21(31)22(32)11-17/h5-11,15-16,20H,3-4,12-14H2,1-2H3,(H,34,39)(H2,35,36,37)/b9-8+. The number of carbonyl (C=O) groups is 2. The molecule has 1 aliphatic heterocycles. The van der Waals surface area contributed by atoms with Crippen LogP contribution in [-0.2, 0) is 4.79 Å². The molecule has 10 heteroatoms. The maximum absolute atomic E-state index is 13.7. The van der Waals surface area contributed by atoms with Gasteiger partial charge in [-0.15, -0.1) is 5.10 Å². The van der Waals surface area contributed by atoms with E-state index >= 15 is 0 Å². The minimum Gasteiger partial charge on any atom is -0.389 e. The molecule has 2 aromatic heterocycles. The summed E-state index contributed by atoms with van der Waals surface area (Å²) in [6.45, 7) is 4.67. The minimum atomic E-state index is -0.924. The van der Waals surface area contributed by atoms with Gasteiger partial charge in [0.15, 0.2) is 17.4 Å². The summed E-state index contributed by atoms with van der Waals surface area (Å²) < 4.78 is 32.6. The first-order chi connectivity index (χ1) is 19.2. The Labute approximate surface area is 229 Å². The van der Waals surface area contributed by atoms with E-state index in [-0.39, 0.29) is 17.1 Å². The van der Waals surface area contributed by atoms with Crippen molar-refractivity contribution in [1.29, 1.82) is 0 Å². The van der Waals surface area contributed by atoms with Gasteiger partial charge < -0.3 is 15.4 Å². The van der Waals surface area contributed by atoms with Crippen LogP contribution in [0.3, 0.4) is 0 Å². The number of fused-ring (bicyclic) bond motifs is 1. The van der Waals surface area contributed by atoms with Crippen molar-refractivity contribution in [2.75, 3.05) is 11.9 Å². The number of pyridine rings is 1. The number of carbonyl (C=O) groups excluding carboxylic acids is 2. The molecule has 3 aromatic rings. The van der Waals surface area contributed by atoms with Gasteiger partial charge in [-0.1, -0.05) is 32.1 Å². The number of H-pyrrole nitrogens is 1. The lowest BCUT2D eigenvalue weighted by molar-refractivity contribution is -0.118. The molecule has 1 saturated carbocycles. The zero-order valence-electron chi connectivity index (χ0n) is 22.2. The highest BCUT2D eigenvalue weighted by atomic mass is 19.2. The average molecular weight is 546 g/mol. The third-order valence-electron chi connectivity index (χ3n) is 7.51. The highest BCUT2D eigenvalue weighted by Crippen LogP contribution is 2.49. The molecule has 0 radical (unpaired) electrons. The highest BCUT2D eigenvalue weighted by molar-refractivity contribution is 6.01. The first-order valence-corrected chi connectivity index (χ1v) is 13.3. The number of hydrogen-bond acceptors (Lipinski definition) is 6. The van der Waals surface area contributed by atoms with Gasteiger partial charge in [-0.25, -0.2) is 13.6 Å². The maximum atomic E-state index is 13.7. The van der Waals surface area contributed by atoms with E-state index in [1.54, 1.807) is 24.4 Å². The number of halogens is 2. The molecule has 2 aliphatic carbocycles. The third kappa shape index (κ3) is 5.25. The lowest BCUT2D eigenvalue weighted by Gasteiger charge is -2.37. The fraction of sp³-hybridized carbons (Fsp3) is 0.333. The number of amides is 1. The van der Waals surface area contributed by atoms with Crippen molar-refractivity contribution < 1.29 is 23.1 Å². The van der Waals surface area contributed by atoms with Crippen LogP contribution in [0.4, 0.5) is 19.4 Å². The zero-order valence-corrected chi connectivity index (χ0v) is 22.2. The Morgan fingerprint density at radius 1 is 1.15 bits per heavy atom. The van der Waals surface area contributed by atoms with Crippen LogP contribution in [0.5, 0.6) is 5.88 Å². The van der Waals surface area contributed by atoms with Crippen LogP contribution >= 0.6 is 0 Å². The third-order valence-corrected chi connectivity index (χ3v) is 7.51. The molecule has 6 rings (SSSR count). The number of anilines is 1. The van der Waals surface area contributed by atoms with Crippen molar-refractivity contribution in [3.8, 4) is 17.0 Å². The molecular weight excluding hydrogens is 516 g/mol. The first-order valence-electron chi connectivity index (χ1n) is 13.3. The van der Waals surface area contributed by atoms with Crippen LogP contribution in [0, 0.1) is 23.0 Å². The van der Waals surface area contributed by atoms with Crippen molar-refractivity contribution in [2.45, 2.75) is 45.4 Å². The average Bonchev–Trinajstić information content (AvgIpc) is 3.66. The minimum absolute atomic E-state index is 0.0195. The molecule has 3 heterocycles. The summed E-state index contributed by atoms with van der Waals surface area (Å²) in [5.41, 5.74) is 3.55. The molecule has 1 unspecified atom stereocenters. The SMILES string of the molecule is CC1(C)CC(=O)C2=C(C1)Nc1[nH]nc(OC(=O)NCC3CC3)c1C2/C=C/c1ccc(-c2ccc(F)c(F)c2)cn1. The fourth-order valence-electron chi connectivity index (χ4n) is 5.31. The summed E-state index contributed by atoms with van der Waals surface area (Å²) in [5, 5.41) is 13.3. The maximum Gasteiger partial charge on any atom is 0.414 e. The van der Waals surface area contributed by atoms with E-state index in [4.69, 9.17) is 4.74 Å². The van der Waals surface area contributed by atoms with Crippen molar-refractivity contribution in [3.63, 3.8) is 0 Å². The van der Waals surface area contributed by atoms with E-state index < -0.39 is 23.6 Å². The Morgan fingerprint density at radius 2 is 1.95 bits per heavy atom. The molecule has 1 fully saturated rings. The fourth-order valence-corrected chi connectivity index (χ4v) is 5.31. The molecule has 40 heavy (non-hydrogen) atoms. The second-order valence-corrected chi connectivity index (χ2v) is 11.4. The summed E-state index contributed by atoms with van der Waals surface area (Å²) in [7, 11) is 0. The molecule has 0 saturated heterocycles. The lowest BCUT2D eigenvalue weighted by Crippen LogP contribution is -2.33. The molecule has 0 spiro atoms. The number of nitrogens with zero attached hydrogens (tertiary/aromatic N) is 2. The largest absolute Gasteiger partial charge is 0.414 e. The number of Topliss-reactive ketones (excluding diaryl/α,β-unsaturated/α-hetero) is 1. The van der Waals surface area contributed by atoms with Crippen LogP contribution in [0.25, 0.3) is 17.2 Å². The predicted octanol–water partition coefficient (Wildman–Crippen LogP) is 6.11. The molecule has 3 N–H and O–H groups in total. The smallest absolute Gasteiger partial charge is 0.389 e. The van der Waals surface area contributed by atoms with Gasteiger partial charge >= 0.3 is 6.09 Å². The number of hydrogen-bond donors (Lipinski definition) is 3. The van der Waals surface area contributed by atoms with Crippen molar-refractivity contribution in [1.82, 2.24) is 20.5 Å². The number of aromatic nitrogens is 3. The van der Waals surface area contributed by atoms with Gasteiger partial charge in [0.25, 0.3) is 0 Å². The molecule has 1 atom stereocenters. The normalized spacial score (nSPS) is 19.7. The molecule has 3 aliphatic rings. The van der Waals surface area contributed by atoms with Crippen LogP contribution in [0.2, 0.25) is 0 Å². The van der Waals surface area contributed by atoms with Gasteiger partial charge in [-0.2, -0.15) is 0 Å². The van der Waals surface area contributed by atoms with E-state index in [1.807, 2.05) is 6.08 Å². The summed E-state index contributed by atoms with van der Waals surface area (Å²) in [4.78, 5) is 30.3. The molecule has 1 amide bonds. The van der Waals surface area contributed by atoms with Crippen molar-refractivity contribution in [2.24, 2.45) is 11.3 Å². The van der Waals surface area contributed by atoms with Crippen LogP contribution in [0.1, 0.15) is 56.7 Å². The molecular formula is C30H29F2N5O3. The topological polar surface area (TPSA) is 109 Å². The highest BCUT2D eigenvalue weighted by Gasteiger charge is 2.41. The number of ether oxygens (including phenoxy) is 1. The van der Waals surface area contributed by atoms with E-state index in [0.717, 1.165) is 30.7 Å². The number of allylic oxidation sites excluding steroid dienone is 3. The van der Waals surface area contributed by atoms with Crippen LogP contribution in [-0.4, -0.2) is 33.6 Å². The van der Waals surface area contributed by atoms with Gasteiger partial charge in [0.05, 0.1) is 11.3 Å². The van der Waals surface area contributed by atoms with Gasteiger partial charge in [-0.3, -0.25) is 14.9 Å². The Morgan fingerprint density at radius 3 is 2.67 bits per heavy atom. The van der Waals surface area contributed by atoms with Gasteiger partial charge in [0, 0.05) is 41.9 Å².